The summed E-state index contributed by atoms with van der Waals surface area (Å²) in [5.41, 5.74) is -5.03. The number of allylic oxidation sites excluding steroid dienone is 2. The number of alkyl halides is 3. The number of pyridine rings is 2. The van der Waals surface area contributed by atoms with Gasteiger partial charge in [-0.2, -0.15) is 21.6 Å². The average Bonchev–Trinajstić information content (AvgIpc) is 3.20. The lowest BCUT2D eigenvalue weighted by molar-refractivity contribution is -0.0500. The van der Waals surface area contributed by atoms with Crippen molar-refractivity contribution in [3.63, 3.8) is 0 Å². The lowest BCUT2D eigenvalue weighted by Crippen LogP contribution is -2.33. The molecule has 2 aromatic heterocycles. The molecule has 0 aliphatic rings. The highest BCUT2D eigenvalue weighted by molar-refractivity contribution is 7.88. The van der Waals surface area contributed by atoms with Crippen molar-refractivity contribution in [2.24, 2.45) is 0 Å². The van der Waals surface area contributed by atoms with Crippen LogP contribution in [0.2, 0.25) is 0 Å². The number of methoxy groups -OCH3 is 4. The van der Waals surface area contributed by atoms with Gasteiger partial charge in [-0.05, 0) is 41.5 Å². The minimum absolute atomic E-state index is 0.0363. The molecule has 59 heavy (non-hydrogen) atoms. The maximum Gasteiger partial charge on any atom is 0.534 e. The lowest BCUT2D eigenvalue weighted by atomic mass is 9.79. The number of nitrogens with zero attached hydrogens (tertiary/aromatic N) is 2. The number of carbonyl (C=O) groups excluding carboxylic acids is 2. The van der Waals surface area contributed by atoms with Crippen molar-refractivity contribution < 1.29 is 73.1 Å². The molecule has 0 aliphatic heterocycles. The van der Waals surface area contributed by atoms with Crippen LogP contribution in [-0.2, 0) is 30.4 Å². The van der Waals surface area contributed by atoms with Gasteiger partial charge >= 0.3 is 34.7 Å². The number of hydrogen-bond donors (Lipinski definition) is 2. The summed E-state index contributed by atoms with van der Waals surface area (Å²) >= 11 is 0. The molecule has 318 valence electrons. The Kier molecular flexibility index (Phi) is 16.9. The topological polar surface area (TPSA) is 181 Å². The second-order valence-electron chi connectivity index (χ2n) is 13.1. The zero-order valence-electron chi connectivity index (χ0n) is 33.2. The molecule has 2 N–H and O–H groups in total. The van der Waals surface area contributed by atoms with Gasteiger partial charge in [-0.25, -0.2) is 28.3 Å². The van der Waals surface area contributed by atoms with Gasteiger partial charge < -0.3 is 33.2 Å². The molecule has 4 aromatic rings. The third kappa shape index (κ3) is 12.6. The van der Waals surface area contributed by atoms with E-state index >= 15 is 0 Å². The lowest BCUT2D eigenvalue weighted by Gasteiger charge is -2.25. The molecule has 0 radical (unpaired) electrons. The maximum atomic E-state index is 14.4. The molecule has 2 aromatic carbocycles. The number of benzene rings is 2. The summed E-state index contributed by atoms with van der Waals surface area (Å²) in [5.74, 6) is -2.51. The molecular weight excluding hydrogens is 810 g/mol. The van der Waals surface area contributed by atoms with E-state index in [9.17, 15) is 40.0 Å². The predicted molar refractivity (Wildman–Crippen MR) is 208 cm³/mol. The van der Waals surface area contributed by atoms with Gasteiger partial charge in [0.2, 0.25) is 11.8 Å². The molecule has 0 atom stereocenters. The molecule has 0 bridgehead atoms. The van der Waals surface area contributed by atoms with Crippen molar-refractivity contribution in [1.29, 1.82) is 0 Å². The molecule has 20 heteroatoms. The molecule has 13 nitrogen and oxygen atoms in total. The summed E-state index contributed by atoms with van der Waals surface area (Å²) in [7, 11) is -2.39. The maximum absolute atomic E-state index is 14.4. The van der Waals surface area contributed by atoms with E-state index in [4.69, 9.17) is 19.5 Å². The van der Waals surface area contributed by atoms with Crippen molar-refractivity contribution in [2.45, 2.75) is 44.0 Å². The molecule has 4 rings (SSSR count). The summed E-state index contributed by atoms with van der Waals surface area (Å²) in [4.78, 5) is 30.8. The summed E-state index contributed by atoms with van der Waals surface area (Å²) in [6, 6.07) is 10.9. The number of ether oxygens (including phenoxy) is 4. The van der Waals surface area contributed by atoms with Crippen molar-refractivity contribution in [3.8, 4) is 28.6 Å². The molecule has 0 aliphatic carbocycles. The van der Waals surface area contributed by atoms with Crippen LogP contribution in [0.25, 0.3) is 11.1 Å². The Morgan fingerprint density at radius 2 is 1.17 bits per heavy atom. The van der Waals surface area contributed by atoms with E-state index in [0.29, 0.717) is 22.6 Å². The van der Waals surface area contributed by atoms with Crippen LogP contribution < -0.4 is 19.1 Å². The Balaban J connectivity index is 0.000000322. The highest BCUT2D eigenvalue weighted by Gasteiger charge is 2.49. The normalized spacial score (nSPS) is 11.4. The molecule has 0 amide bonds. The third-order valence-corrected chi connectivity index (χ3v) is 9.38. The van der Waals surface area contributed by atoms with E-state index in [-0.39, 0.29) is 22.5 Å². The summed E-state index contributed by atoms with van der Waals surface area (Å²) in [6.07, 6.45) is 5.13. The van der Waals surface area contributed by atoms with Gasteiger partial charge in [-0.1, -0.05) is 45.9 Å². The average molecular weight is 853 g/mol. The molecule has 0 saturated carbocycles. The van der Waals surface area contributed by atoms with Crippen LogP contribution in [0.5, 0.6) is 17.5 Å². The van der Waals surface area contributed by atoms with Crippen LogP contribution in [0.15, 0.2) is 86.2 Å². The first kappa shape index (κ1) is 49.3. The van der Waals surface area contributed by atoms with Crippen LogP contribution in [0, 0.1) is 11.6 Å². The van der Waals surface area contributed by atoms with E-state index < -0.39 is 62.9 Å². The van der Waals surface area contributed by atoms with E-state index in [1.54, 1.807) is 38.1 Å². The van der Waals surface area contributed by atoms with E-state index in [2.05, 4.69) is 36.8 Å². The molecule has 0 fully saturated rings. The smallest absolute Gasteiger partial charge is 0.481 e. The molecular formula is C39H42BF5N2O11S. The van der Waals surface area contributed by atoms with E-state index in [0.717, 1.165) is 43.3 Å². The monoisotopic (exact) mass is 852 g/mol. The van der Waals surface area contributed by atoms with Crippen molar-refractivity contribution >= 4 is 34.6 Å². The zero-order chi connectivity index (χ0) is 45.1. The van der Waals surface area contributed by atoms with Crippen LogP contribution in [0.4, 0.5) is 22.0 Å². The van der Waals surface area contributed by atoms with Crippen LogP contribution >= 0.6 is 0 Å². The van der Waals surface area contributed by atoms with Gasteiger partial charge in [0.1, 0.15) is 17.4 Å². The number of esters is 2. The van der Waals surface area contributed by atoms with Gasteiger partial charge in [-0.3, -0.25) is 0 Å². The Hall–Kier alpha value is -5.86. The van der Waals surface area contributed by atoms with Crippen LogP contribution in [-0.4, -0.2) is 81.4 Å². The molecule has 0 unspecified atom stereocenters. The molecule has 0 spiro atoms. The number of aromatic nitrogens is 2. The SMILES string of the molecule is C=CC(C)(C)c1cc(C(=O)OC)ccc1-c1cc(OC)ncc1F.C=CC(C)(C)c1cc(C(=O)OC)ccc1OS(=O)(=O)C(F)(F)F.COc1cc(B(O)O)c(F)cn1. The predicted octanol–water partition coefficient (Wildman–Crippen LogP) is 6.22. The molecule has 0 saturated heterocycles. The number of halogens is 5. The number of carbonyl (C=O) groups is 2. The van der Waals surface area contributed by atoms with Crippen molar-refractivity contribution in [1.82, 2.24) is 9.97 Å². The van der Waals surface area contributed by atoms with Gasteiger partial charge in [0.05, 0.1) is 52.0 Å². The second-order valence-corrected chi connectivity index (χ2v) is 14.7. The first-order chi connectivity index (χ1) is 27.3. The zero-order valence-corrected chi connectivity index (χ0v) is 34.0. The third-order valence-electron chi connectivity index (χ3n) is 8.41. The van der Waals surface area contributed by atoms with Gasteiger partial charge in [0.25, 0.3) is 0 Å². The van der Waals surface area contributed by atoms with Gasteiger partial charge in [-0.15, -0.1) is 13.2 Å². The Labute approximate surface area is 338 Å². The standard InChI is InChI=1S/C19H20FNO3.C14H15F3O5S.C6H7BFNO3/c1-6-19(2,3)15-9-12(18(22)24-5)7-8-13(15)14-10-17(23-4)21-11-16(14)20;1-5-13(2,3)10-8-9(12(18)21-4)6-7-11(10)22-23(19,20)14(15,16)17;1-12-6-2-4(7(10)11)5(8)3-9-6/h6-11H,1H2,2-5H3;5-8H,1H2,2-4H3;2-3,10-11H,1H3. The Morgan fingerprint density at radius 1 is 0.712 bits per heavy atom. The van der Waals surface area contributed by atoms with Crippen LogP contribution in [0.3, 0.4) is 0 Å². The van der Waals surface area contributed by atoms with Crippen LogP contribution in [0.1, 0.15) is 59.5 Å². The van der Waals surface area contributed by atoms with Gasteiger partial charge in [0, 0.05) is 39.6 Å². The number of hydrogen-bond acceptors (Lipinski definition) is 13. The Bertz CT molecular complexity index is 2270. The largest absolute Gasteiger partial charge is 0.534 e. The van der Waals surface area contributed by atoms with E-state index in [1.807, 2.05) is 13.8 Å². The second kappa shape index (κ2) is 20.2. The quantitative estimate of drug-likeness (QED) is 0.0410. The highest BCUT2D eigenvalue weighted by Crippen LogP contribution is 2.38. The summed E-state index contributed by atoms with van der Waals surface area (Å²) in [6.45, 7) is 14.4. The number of rotatable bonds is 12. The fraction of sp³-hybridized carbons (Fsp3) is 0.282. The minimum atomic E-state index is -5.83. The fourth-order valence-electron chi connectivity index (χ4n) is 4.77. The summed E-state index contributed by atoms with van der Waals surface area (Å²) < 4.78 is 110. The fourth-order valence-corrected chi connectivity index (χ4v) is 5.25. The van der Waals surface area contributed by atoms with Crippen molar-refractivity contribution in [2.75, 3.05) is 28.4 Å². The Morgan fingerprint density at radius 3 is 1.63 bits per heavy atom. The highest BCUT2D eigenvalue weighted by atomic mass is 32.2. The first-order valence-corrected chi connectivity index (χ1v) is 18.2. The summed E-state index contributed by atoms with van der Waals surface area (Å²) in [5, 5.41) is 17.3. The first-order valence-electron chi connectivity index (χ1n) is 16.8. The van der Waals surface area contributed by atoms with Gasteiger partial charge in [0.15, 0.2) is 0 Å². The van der Waals surface area contributed by atoms with Crippen molar-refractivity contribution in [3.05, 3.63) is 120 Å². The van der Waals surface area contributed by atoms with E-state index in [1.165, 1.54) is 39.5 Å². The molecule has 2 heterocycles. The minimum Gasteiger partial charge on any atom is -0.481 e.